The van der Waals surface area contributed by atoms with Gasteiger partial charge in [0.2, 0.25) is 0 Å². The lowest BCUT2D eigenvalue weighted by molar-refractivity contribution is -0.126. The van der Waals surface area contributed by atoms with Gasteiger partial charge in [0, 0.05) is 5.02 Å². The highest BCUT2D eigenvalue weighted by Crippen LogP contribution is 2.18. The van der Waals surface area contributed by atoms with Crippen LogP contribution in [0.25, 0.3) is 0 Å². The smallest absolute Gasteiger partial charge is 0.261 e. The minimum absolute atomic E-state index is 0.197. The van der Waals surface area contributed by atoms with Gasteiger partial charge in [0.15, 0.2) is 6.10 Å². The van der Waals surface area contributed by atoms with E-state index in [9.17, 15) is 4.79 Å². The first kappa shape index (κ1) is 12.4. The number of amides is 1. The first-order chi connectivity index (χ1) is 7.63. The van der Waals surface area contributed by atoms with Crippen LogP contribution in [0.1, 0.15) is 6.92 Å². The zero-order valence-corrected chi connectivity index (χ0v) is 9.62. The summed E-state index contributed by atoms with van der Waals surface area (Å²) in [6, 6.07) is 6.87. The fourth-order valence-electron chi connectivity index (χ4n) is 1.08. The standard InChI is InChI=1S/C12H12ClNO2/c1-3-7-14-12(15)9(2)16-11-6-4-5-10(13)8-11/h1,4-6,8-9H,7H2,2H3,(H,14,15)/t9-/m1/s1. The summed E-state index contributed by atoms with van der Waals surface area (Å²) in [4.78, 5) is 11.4. The molecule has 0 aliphatic heterocycles. The van der Waals surface area contributed by atoms with E-state index < -0.39 is 6.10 Å². The molecule has 0 bridgehead atoms. The number of carbonyl (C=O) groups is 1. The lowest BCUT2D eigenvalue weighted by Crippen LogP contribution is -2.36. The Morgan fingerprint density at radius 3 is 3.06 bits per heavy atom. The SMILES string of the molecule is C#CCNC(=O)[C@@H](C)Oc1cccc(Cl)c1. The fourth-order valence-corrected chi connectivity index (χ4v) is 1.26. The summed E-state index contributed by atoms with van der Waals surface area (Å²) >= 11 is 5.78. The summed E-state index contributed by atoms with van der Waals surface area (Å²) in [6.45, 7) is 1.84. The van der Waals surface area contributed by atoms with Gasteiger partial charge >= 0.3 is 0 Å². The molecule has 0 unspecified atom stereocenters. The number of hydrogen-bond acceptors (Lipinski definition) is 2. The molecule has 0 aromatic heterocycles. The van der Waals surface area contributed by atoms with Gasteiger partial charge in [-0.3, -0.25) is 4.79 Å². The number of ether oxygens (including phenoxy) is 1. The Morgan fingerprint density at radius 1 is 1.69 bits per heavy atom. The average molecular weight is 238 g/mol. The molecule has 4 heteroatoms. The highest BCUT2D eigenvalue weighted by molar-refractivity contribution is 6.30. The largest absolute Gasteiger partial charge is 0.481 e. The van der Waals surface area contributed by atoms with Crippen LogP contribution in [0.3, 0.4) is 0 Å². The van der Waals surface area contributed by atoms with Gasteiger partial charge in [-0.2, -0.15) is 0 Å². The molecule has 0 aliphatic rings. The van der Waals surface area contributed by atoms with Gasteiger partial charge in [-0.05, 0) is 25.1 Å². The van der Waals surface area contributed by atoms with Gasteiger partial charge in [-0.15, -0.1) is 6.42 Å². The molecule has 1 rings (SSSR count). The van der Waals surface area contributed by atoms with Crippen molar-refractivity contribution in [2.75, 3.05) is 6.54 Å². The number of halogens is 1. The Morgan fingerprint density at radius 2 is 2.44 bits per heavy atom. The van der Waals surface area contributed by atoms with Crippen LogP contribution >= 0.6 is 11.6 Å². The molecule has 1 amide bonds. The second-order valence-electron chi connectivity index (χ2n) is 3.14. The maximum absolute atomic E-state index is 11.4. The molecule has 84 valence electrons. The summed E-state index contributed by atoms with van der Waals surface area (Å²) in [6.07, 6.45) is 4.42. The number of hydrogen-bond donors (Lipinski definition) is 1. The second-order valence-corrected chi connectivity index (χ2v) is 3.58. The van der Waals surface area contributed by atoms with Crippen LogP contribution in [0.15, 0.2) is 24.3 Å². The first-order valence-corrected chi connectivity index (χ1v) is 5.14. The Hall–Kier alpha value is -1.66. The molecule has 0 saturated carbocycles. The number of benzene rings is 1. The molecule has 0 aliphatic carbocycles. The van der Waals surface area contributed by atoms with Crippen molar-refractivity contribution in [2.45, 2.75) is 13.0 Å². The van der Waals surface area contributed by atoms with E-state index >= 15 is 0 Å². The maximum Gasteiger partial charge on any atom is 0.261 e. The van der Waals surface area contributed by atoms with E-state index in [1.807, 2.05) is 0 Å². The van der Waals surface area contributed by atoms with Crippen LogP contribution in [0.4, 0.5) is 0 Å². The van der Waals surface area contributed by atoms with Gasteiger partial charge < -0.3 is 10.1 Å². The lowest BCUT2D eigenvalue weighted by atomic mass is 10.3. The summed E-state index contributed by atoms with van der Waals surface area (Å²) in [7, 11) is 0. The molecule has 0 fully saturated rings. The van der Waals surface area contributed by atoms with E-state index in [1.54, 1.807) is 31.2 Å². The van der Waals surface area contributed by atoms with Crippen molar-refractivity contribution < 1.29 is 9.53 Å². The maximum atomic E-state index is 11.4. The van der Waals surface area contributed by atoms with Gasteiger partial charge in [0.1, 0.15) is 5.75 Å². The first-order valence-electron chi connectivity index (χ1n) is 4.77. The molecule has 0 heterocycles. The molecule has 1 atom stereocenters. The number of terminal acetylenes is 1. The van der Waals surface area contributed by atoms with Crippen LogP contribution in [0.5, 0.6) is 5.75 Å². The molecule has 3 nitrogen and oxygen atoms in total. The Labute approximate surface area is 99.7 Å². The van der Waals surface area contributed by atoms with Gasteiger partial charge in [0.05, 0.1) is 6.54 Å². The van der Waals surface area contributed by atoms with Crippen molar-refractivity contribution in [1.82, 2.24) is 5.32 Å². The Bertz CT molecular complexity index is 412. The third-order valence-electron chi connectivity index (χ3n) is 1.84. The number of rotatable bonds is 4. The quantitative estimate of drug-likeness (QED) is 0.812. The third-order valence-corrected chi connectivity index (χ3v) is 2.08. The van der Waals surface area contributed by atoms with Crippen LogP contribution in [0.2, 0.25) is 5.02 Å². The lowest BCUT2D eigenvalue weighted by Gasteiger charge is -2.13. The van der Waals surface area contributed by atoms with Crippen LogP contribution < -0.4 is 10.1 Å². The molecule has 1 aromatic carbocycles. The van der Waals surface area contributed by atoms with Crippen LogP contribution in [-0.4, -0.2) is 18.6 Å². The molecule has 0 spiro atoms. The van der Waals surface area contributed by atoms with Crippen LogP contribution in [-0.2, 0) is 4.79 Å². The summed E-state index contributed by atoms with van der Waals surface area (Å²) in [5.74, 6) is 2.62. The van der Waals surface area contributed by atoms with Gasteiger partial charge in [-0.1, -0.05) is 23.6 Å². The molecule has 16 heavy (non-hydrogen) atoms. The van der Waals surface area contributed by atoms with Gasteiger partial charge in [0.25, 0.3) is 5.91 Å². The zero-order valence-electron chi connectivity index (χ0n) is 8.87. The average Bonchev–Trinajstić information content (AvgIpc) is 2.25. The third kappa shape index (κ3) is 3.84. The van der Waals surface area contributed by atoms with Crippen molar-refractivity contribution >= 4 is 17.5 Å². The molecular formula is C12H12ClNO2. The van der Waals surface area contributed by atoms with E-state index in [0.717, 1.165) is 0 Å². The second kappa shape index (κ2) is 6.04. The van der Waals surface area contributed by atoms with E-state index in [4.69, 9.17) is 22.8 Å². The predicted molar refractivity (Wildman–Crippen MR) is 63.4 cm³/mol. The molecule has 1 N–H and O–H groups in total. The van der Waals surface area contributed by atoms with E-state index in [2.05, 4.69) is 11.2 Å². The number of carbonyl (C=O) groups excluding carboxylic acids is 1. The Balaban J connectivity index is 2.54. The normalized spacial score (nSPS) is 11.3. The highest BCUT2D eigenvalue weighted by Gasteiger charge is 2.13. The van der Waals surface area contributed by atoms with Crippen LogP contribution in [0, 0.1) is 12.3 Å². The van der Waals surface area contributed by atoms with Crippen molar-refractivity contribution in [1.29, 1.82) is 0 Å². The van der Waals surface area contributed by atoms with Crippen molar-refractivity contribution in [3.8, 4) is 18.1 Å². The van der Waals surface area contributed by atoms with Crippen molar-refractivity contribution in [3.63, 3.8) is 0 Å². The van der Waals surface area contributed by atoms with Crippen molar-refractivity contribution in [2.24, 2.45) is 0 Å². The monoisotopic (exact) mass is 237 g/mol. The highest BCUT2D eigenvalue weighted by atomic mass is 35.5. The molecule has 0 saturated heterocycles. The molecule has 1 aromatic rings. The Kier molecular flexibility index (Phi) is 4.68. The van der Waals surface area contributed by atoms with E-state index in [-0.39, 0.29) is 12.5 Å². The predicted octanol–water partition coefficient (Wildman–Crippen LogP) is 1.86. The molecular weight excluding hydrogens is 226 g/mol. The molecule has 0 radical (unpaired) electrons. The minimum Gasteiger partial charge on any atom is -0.481 e. The van der Waals surface area contributed by atoms with E-state index in [1.165, 1.54) is 0 Å². The topological polar surface area (TPSA) is 38.3 Å². The fraction of sp³-hybridized carbons (Fsp3) is 0.250. The number of nitrogens with one attached hydrogen (secondary N) is 1. The van der Waals surface area contributed by atoms with Crippen molar-refractivity contribution in [3.05, 3.63) is 29.3 Å². The van der Waals surface area contributed by atoms with Gasteiger partial charge in [-0.25, -0.2) is 0 Å². The zero-order chi connectivity index (χ0) is 12.0. The van der Waals surface area contributed by atoms with E-state index in [0.29, 0.717) is 10.8 Å². The summed E-state index contributed by atoms with van der Waals surface area (Å²) < 4.78 is 5.39. The minimum atomic E-state index is -0.605. The summed E-state index contributed by atoms with van der Waals surface area (Å²) in [5.41, 5.74) is 0. The summed E-state index contributed by atoms with van der Waals surface area (Å²) in [5, 5.41) is 3.10.